The minimum atomic E-state index is -4.64. The summed E-state index contributed by atoms with van der Waals surface area (Å²) < 4.78 is 47.8. The molecule has 0 unspecified atom stereocenters. The number of hydrogen-bond donors (Lipinski definition) is 1. The van der Waals surface area contributed by atoms with Crippen molar-refractivity contribution in [2.24, 2.45) is 5.92 Å². The predicted octanol–water partition coefficient (Wildman–Crippen LogP) is 5.07. The summed E-state index contributed by atoms with van der Waals surface area (Å²) in [6.45, 7) is 2.95. The number of likely N-dealkylation sites (N-methyl/N-ethyl adjacent to an activating group) is 1. The number of nitriles is 1. The van der Waals surface area contributed by atoms with Crippen LogP contribution < -0.4 is 10.2 Å². The first-order valence-corrected chi connectivity index (χ1v) is 15.8. The minimum absolute atomic E-state index is 0. The van der Waals surface area contributed by atoms with Gasteiger partial charge in [0.25, 0.3) is 17.7 Å². The summed E-state index contributed by atoms with van der Waals surface area (Å²) in [6, 6.07) is 4.94. The van der Waals surface area contributed by atoms with Crippen LogP contribution in [-0.2, 0) is 15.7 Å². The Morgan fingerprint density at radius 2 is 1.87 bits per heavy atom. The first-order valence-electron chi connectivity index (χ1n) is 15.8. The van der Waals surface area contributed by atoms with Crippen LogP contribution in [0.5, 0.6) is 0 Å². The highest BCUT2D eigenvalue weighted by molar-refractivity contribution is 6.07. The van der Waals surface area contributed by atoms with Gasteiger partial charge in [0.05, 0.1) is 17.7 Å². The van der Waals surface area contributed by atoms with Crippen molar-refractivity contribution in [3.05, 3.63) is 46.6 Å². The number of alkyl halides is 3. The summed E-state index contributed by atoms with van der Waals surface area (Å²) in [7, 11) is 0. The van der Waals surface area contributed by atoms with Crippen molar-refractivity contribution in [2.75, 3.05) is 31.2 Å². The second-order valence-corrected chi connectivity index (χ2v) is 12.4. The molecule has 10 nitrogen and oxygen atoms in total. The zero-order valence-corrected chi connectivity index (χ0v) is 25.2. The van der Waals surface area contributed by atoms with E-state index in [4.69, 9.17) is 9.84 Å². The highest BCUT2D eigenvalue weighted by Crippen LogP contribution is 2.49. The zero-order valence-electron chi connectivity index (χ0n) is 25.2. The summed E-state index contributed by atoms with van der Waals surface area (Å²) in [5.41, 5.74) is -0.407. The smallest absolute Gasteiger partial charge is 0.381 e. The number of rotatable bonds is 8. The molecule has 6 rings (SSSR count). The molecule has 1 saturated heterocycles. The third-order valence-electron chi connectivity index (χ3n) is 9.59. The van der Waals surface area contributed by atoms with Gasteiger partial charge in [-0.25, -0.2) is 4.68 Å². The number of carbonyl (C=O) groups is 3. The summed E-state index contributed by atoms with van der Waals surface area (Å²) in [5, 5.41) is 17.3. The molecule has 3 heterocycles. The van der Waals surface area contributed by atoms with Crippen LogP contribution in [0.3, 0.4) is 0 Å². The molecule has 45 heavy (non-hydrogen) atoms. The van der Waals surface area contributed by atoms with Crippen LogP contribution in [0.2, 0.25) is 0 Å². The van der Waals surface area contributed by atoms with Gasteiger partial charge in [0.2, 0.25) is 0 Å². The Balaban J connectivity index is 0.00000417. The topological polar surface area (TPSA) is 121 Å². The van der Waals surface area contributed by atoms with E-state index in [0.29, 0.717) is 37.4 Å². The van der Waals surface area contributed by atoms with Crippen LogP contribution in [0.25, 0.3) is 0 Å². The lowest BCUT2D eigenvalue weighted by Gasteiger charge is -2.41. The molecule has 2 aliphatic heterocycles. The highest BCUT2D eigenvalue weighted by atomic mass is 19.4. The fraction of sp³-hybridized carbons (Fsp3) is 0.594. The van der Waals surface area contributed by atoms with Crippen LogP contribution in [0, 0.1) is 17.2 Å². The lowest BCUT2D eigenvalue weighted by Crippen LogP contribution is -2.57. The normalized spacial score (nSPS) is 22.6. The number of ether oxygens (including phenoxy) is 1. The molecule has 2 aliphatic carbocycles. The van der Waals surface area contributed by atoms with Crippen LogP contribution >= 0.6 is 0 Å². The van der Waals surface area contributed by atoms with Gasteiger partial charge < -0.3 is 15.0 Å². The molecule has 1 aromatic heterocycles. The van der Waals surface area contributed by atoms with Gasteiger partial charge in [-0.2, -0.15) is 23.5 Å². The molecular weight excluding hydrogens is 589 g/mol. The quantitative estimate of drug-likeness (QED) is 0.408. The maximum absolute atomic E-state index is 14.4. The van der Waals surface area contributed by atoms with Crippen molar-refractivity contribution in [3.63, 3.8) is 0 Å². The number of anilines is 1. The molecule has 1 N–H and O–H groups in total. The fourth-order valence-corrected chi connectivity index (χ4v) is 7.26. The number of amides is 3. The summed E-state index contributed by atoms with van der Waals surface area (Å²) in [6.07, 6.45) is 1.58. The van der Waals surface area contributed by atoms with E-state index in [1.165, 1.54) is 12.1 Å². The average Bonchev–Trinajstić information content (AvgIpc) is 3.58. The number of benzene rings is 1. The molecular formula is C32H39F3N6O4. The van der Waals surface area contributed by atoms with Crippen LogP contribution in [0.15, 0.2) is 24.3 Å². The molecule has 13 heteroatoms. The van der Waals surface area contributed by atoms with Crippen molar-refractivity contribution < 1.29 is 33.7 Å². The van der Waals surface area contributed by atoms with Gasteiger partial charge in [-0.05, 0) is 69.6 Å². The van der Waals surface area contributed by atoms with Crippen molar-refractivity contribution in [2.45, 2.75) is 88.5 Å². The second kappa shape index (κ2) is 12.5. The number of nitrogens with zero attached hydrogens (tertiary/aromatic N) is 5. The Morgan fingerprint density at radius 1 is 1.16 bits per heavy atom. The molecule has 2 atom stereocenters. The average molecular weight is 629 g/mol. The molecule has 242 valence electrons. The monoisotopic (exact) mass is 628 g/mol. The van der Waals surface area contributed by atoms with E-state index in [9.17, 15) is 32.8 Å². The molecule has 3 amide bonds. The van der Waals surface area contributed by atoms with Gasteiger partial charge >= 0.3 is 6.18 Å². The van der Waals surface area contributed by atoms with E-state index in [-0.39, 0.29) is 55.6 Å². The van der Waals surface area contributed by atoms with Crippen molar-refractivity contribution >= 4 is 23.5 Å². The predicted molar refractivity (Wildman–Crippen MR) is 159 cm³/mol. The number of nitrogens with one attached hydrogen (secondary N) is 1. The Kier molecular flexibility index (Phi) is 8.61. The molecule has 0 spiro atoms. The maximum atomic E-state index is 14.4. The first kappa shape index (κ1) is 31.1. The maximum Gasteiger partial charge on any atom is 0.416 e. The number of fused-ring (bicyclic) bond motifs is 1. The van der Waals surface area contributed by atoms with Crippen molar-refractivity contribution in [1.82, 2.24) is 20.0 Å². The molecule has 4 aliphatic rings. The Hall–Kier alpha value is -3.92. The van der Waals surface area contributed by atoms with E-state index in [2.05, 4.69) is 11.4 Å². The van der Waals surface area contributed by atoms with Gasteiger partial charge in [-0.1, -0.05) is 18.9 Å². The molecule has 0 radical (unpaired) electrons. The van der Waals surface area contributed by atoms with Gasteiger partial charge in [0, 0.05) is 44.3 Å². The minimum Gasteiger partial charge on any atom is -0.381 e. The number of carbonyl (C=O) groups excluding carboxylic acids is 3. The lowest BCUT2D eigenvalue weighted by molar-refractivity contribution is -0.137. The molecule has 2 aromatic rings. The third kappa shape index (κ3) is 5.92. The van der Waals surface area contributed by atoms with Crippen molar-refractivity contribution in [1.29, 1.82) is 5.26 Å². The molecule has 1 aromatic carbocycles. The highest BCUT2D eigenvalue weighted by Gasteiger charge is 2.51. The zero-order chi connectivity index (χ0) is 31.9. The third-order valence-corrected chi connectivity index (χ3v) is 9.59. The van der Waals surface area contributed by atoms with E-state index in [0.717, 1.165) is 50.7 Å². The second-order valence-electron chi connectivity index (χ2n) is 12.4. The molecule has 2 saturated carbocycles. The van der Waals surface area contributed by atoms with Crippen molar-refractivity contribution in [3.8, 4) is 6.07 Å². The summed E-state index contributed by atoms with van der Waals surface area (Å²) in [4.78, 5) is 45.3. The Labute approximate surface area is 261 Å². The van der Waals surface area contributed by atoms with Gasteiger partial charge in [0.1, 0.15) is 18.4 Å². The van der Waals surface area contributed by atoms with E-state index < -0.39 is 29.6 Å². The lowest BCUT2D eigenvalue weighted by atomic mass is 9.76. The SMILES string of the molecule is CCN1C(=O)[C@@H](NC(=O)c2cccc(C(F)(F)F)c2)[C@@H](C2CCCC2)c2c(C(=O)N(CC#N)C3CC3)nn(C3CCOCC3)c21.[HH]. The fourth-order valence-electron chi connectivity index (χ4n) is 7.26. The molecule has 3 fully saturated rings. The van der Waals surface area contributed by atoms with E-state index in [1.54, 1.807) is 21.4 Å². The number of hydrogen-bond acceptors (Lipinski definition) is 6. The number of halogens is 3. The Bertz CT molecular complexity index is 1510. The summed E-state index contributed by atoms with van der Waals surface area (Å²) in [5.74, 6) is -1.71. The summed E-state index contributed by atoms with van der Waals surface area (Å²) >= 11 is 0. The van der Waals surface area contributed by atoms with E-state index in [1.807, 2.05) is 0 Å². The Morgan fingerprint density at radius 3 is 2.49 bits per heavy atom. The molecule has 0 bridgehead atoms. The van der Waals surface area contributed by atoms with Gasteiger partial charge in [0.15, 0.2) is 5.69 Å². The van der Waals surface area contributed by atoms with Crippen LogP contribution in [0.1, 0.15) is 104 Å². The first-order chi connectivity index (χ1) is 21.6. The van der Waals surface area contributed by atoms with Gasteiger partial charge in [-0.3, -0.25) is 19.3 Å². The largest absolute Gasteiger partial charge is 0.416 e. The van der Waals surface area contributed by atoms with Gasteiger partial charge in [-0.15, -0.1) is 0 Å². The van der Waals surface area contributed by atoms with Crippen LogP contribution in [-0.4, -0.2) is 70.8 Å². The van der Waals surface area contributed by atoms with E-state index >= 15 is 0 Å². The van der Waals surface area contributed by atoms with Crippen LogP contribution in [0.4, 0.5) is 19.0 Å². The standard InChI is InChI=1S/C32H37F3N6O4.H2/c1-2-39-29-25(27(31(44)40(15-14-36)22-10-11-22)38-41(29)23-12-16-45-17-13-23)24(19-6-3-4-7-19)26(30(39)43)37-28(42)20-8-5-9-21(18-20)32(33,34)35;/h5,8-9,18-19,22-24,26H,2-4,6-7,10-13,15-17H2,1H3,(H,37,42);1H/t24-,26-;/m0./s1. The number of aromatic nitrogens is 2.